The number of aromatic nitrogens is 3. The Morgan fingerprint density at radius 2 is 2.15 bits per heavy atom. The van der Waals surface area contributed by atoms with Gasteiger partial charge in [0.2, 0.25) is 5.91 Å². The van der Waals surface area contributed by atoms with Crippen LogP contribution in [-0.2, 0) is 4.79 Å². The smallest absolute Gasteiger partial charge is 0.230 e. The molecule has 1 aromatic heterocycles. The normalized spacial score (nSPS) is 19.9. The van der Waals surface area contributed by atoms with E-state index < -0.39 is 0 Å². The first-order chi connectivity index (χ1) is 9.69. The second-order valence-corrected chi connectivity index (χ2v) is 6.82. The summed E-state index contributed by atoms with van der Waals surface area (Å²) < 4.78 is 2.29. The van der Waals surface area contributed by atoms with Crippen molar-refractivity contribution in [2.45, 2.75) is 69.1 Å². The SMILES string of the molecule is CCC(C)NC(=O)CSc1nnc(C2CC2)n1C1CC1. The van der Waals surface area contributed by atoms with Gasteiger partial charge < -0.3 is 9.88 Å². The van der Waals surface area contributed by atoms with Crippen molar-refractivity contribution in [3.05, 3.63) is 5.82 Å². The lowest BCUT2D eigenvalue weighted by atomic mass is 10.3. The van der Waals surface area contributed by atoms with Crippen LogP contribution in [0, 0.1) is 0 Å². The van der Waals surface area contributed by atoms with Gasteiger partial charge in [-0.3, -0.25) is 4.79 Å². The predicted octanol–water partition coefficient (Wildman–Crippen LogP) is 2.50. The molecule has 1 unspecified atom stereocenters. The third-order valence-electron chi connectivity index (χ3n) is 3.90. The van der Waals surface area contributed by atoms with Crippen molar-refractivity contribution in [3.63, 3.8) is 0 Å². The molecule has 1 atom stereocenters. The standard InChI is InChI=1S/C14H22N4OS/c1-3-9(2)15-12(19)8-20-14-17-16-13(10-4-5-10)18(14)11-6-7-11/h9-11H,3-8H2,1-2H3,(H,15,19). The molecular formula is C14H22N4OS. The van der Waals surface area contributed by atoms with Crippen LogP contribution in [0.3, 0.4) is 0 Å². The highest BCUT2D eigenvalue weighted by molar-refractivity contribution is 7.99. The summed E-state index contributed by atoms with van der Waals surface area (Å²) in [5.41, 5.74) is 0. The second-order valence-electron chi connectivity index (χ2n) is 5.88. The van der Waals surface area contributed by atoms with Gasteiger partial charge in [-0.25, -0.2) is 0 Å². The Bertz CT molecular complexity index is 493. The van der Waals surface area contributed by atoms with Crippen molar-refractivity contribution in [1.82, 2.24) is 20.1 Å². The van der Waals surface area contributed by atoms with Gasteiger partial charge in [-0.2, -0.15) is 0 Å². The number of nitrogens with zero attached hydrogens (tertiary/aromatic N) is 3. The van der Waals surface area contributed by atoms with Gasteiger partial charge in [0.05, 0.1) is 5.75 Å². The first-order valence-electron chi connectivity index (χ1n) is 7.56. The average Bonchev–Trinajstić information content (AvgIpc) is 3.35. The summed E-state index contributed by atoms with van der Waals surface area (Å²) in [6.45, 7) is 4.10. The monoisotopic (exact) mass is 294 g/mol. The van der Waals surface area contributed by atoms with Crippen molar-refractivity contribution in [2.24, 2.45) is 0 Å². The summed E-state index contributed by atoms with van der Waals surface area (Å²) in [4.78, 5) is 11.8. The number of amides is 1. The third-order valence-corrected chi connectivity index (χ3v) is 4.84. The molecule has 0 bridgehead atoms. The van der Waals surface area contributed by atoms with Crippen molar-refractivity contribution in [1.29, 1.82) is 0 Å². The van der Waals surface area contributed by atoms with E-state index in [0.717, 1.165) is 17.4 Å². The van der Waals surface area contributed by atoms with E-state index in [4.69, 9.17) is 0 Å². The van der Waals surface area contributed by atoms with Gasteiger partial charge >= 0.3 is 0 Å². The Kier molecular flexibility index (Phi) is 4.01. The molecule has 6 heteroatoms. The zero-order chi connectivity index (χ0) is 14.1. The molecule has 5 nitrogen and oxygen atoms in total. The van der Waals surface area contributed by atoms with Crippen LogP contribution in [-0.4, -0.2) is 32.5 Å². The number of carbonyl (C=O) groups excluding carboxylic acids is 1. The van der Waals surface area contributed by atoms with Crippen molar-refractivity contribution >= 4 is 17.7 Å². The van der Waals surface area contributed by atoms with E-state index in [1.165, 1.54) is 37.4 Å². The Morgan fingerprint density at radius 1 is 1.40 bits per heavy atom. The van der Waals surface area contributed by atoms with E-state index in [1.807, 2.05) is 6.92 Å². The summed E-state index contributed by atoms with van der Waals surface area (Å²) in [5, 5.41) is 12.6. The van der Waals surface area contributed by atoms with E-state index in [1.54, 1.807) is 0 Å². The molecule has 3 rings (SSSR count). The van der Waals surface area contributed by atoms with Crippen LogP contribution in [0.2, 0.25) is 0 Å². The topological polar surface area (TPSA) is 59.8 Å². The van der Waals surface area contributed by atoms with E-state index in [0.29, 0.717) is 17.7 Å². The van der Waals surface area contributed by atoms with Gasteiger partial charge in [-0.1, -0.05) is 18.7 Å². The van der Waals surface area contributed by atoms with Crippen LogP contribution < -0.4 is 5.32 Å². The van der Waals surface area contributed by atoms with Crippen LogP contribution in [0.4, 0.5) is 0 Å². The molecule has 0 radical (unpaired) electrons. The highest BCUT2D eigenvalue weighted by Gasteiger charge is 2.36. The van der Waals surface area contributed by atoms with E-state index in [-0.39, 0.29) is 11.9 Å². The average molecular weight is 294 g/mol. The fourth-order valence-corrected chi connectivity index (χ4v) is 3.06. The molecule has 1 amide bonds. The minimum Gasteiger partial charge on any atom is -0.353 e. The quantitative estimate of drug-likeness (QED) is 0.785. The molecule has 1 N–H and O–H groups in total. The van der Waals surface area contributed by atoms with Crippen LogP contribution in [0.15, 0.2) is 5.16 Å². The number of nitrogens with one attached hydrogen (secondary N) is 1. The van der Waals surface area contributed by atoms with Gasteiger partial charge in [0.1, 0.15) is 5.82 Å². The van der Waals surface area contributed by atoms with Crippen LogP contribution in [0.1, 0.15) is 63.7 Å². The lowest BCUT2D eigenvalue weighted by molar-refractivity contribution is -0.119. The van der Waals surface area contributed by atoms with Gasteiger partial charge in [0.25, 0.3) is 0 Å². The molecular weight excluding hydrogens is 272 g/mol. The molecule has 0 aliphatic heterocycles. The Labute approximate surface area is 123 Å². The number of hydrogen-bond donors (Lipinski definition) is 1. The lowest BCUT2D eigenvalue weighted by Crippen LogP contribution is -2.33. The summed E-state index contributed by atoms with van der Waals surface area (Å²) in [6, 6.07) is 0.826. The van der Waals surface area contributed by atoms with Crippen molar-refractivity contribution < 1.29 is 4.79 Å². The molecule has 2 aliphatic carbocycles. The number of hydrogen-bond acceptors (Lipinski definition) is 4. The summed E-state index contributed by atoms with van der Waals surface area (Å²) in [7, 11) is 0. The fourth-order valence-electron chi connectivity index (χ4n) is 2.23. The molecule has 2 saturated carbocycles. The van der Waals surface area contributed by atoms with E-state index in [2.05, 4.69) is 27.0 Å². The van der Waals surface area contributed by atoms with Crippen LogP contribution in [0.25, 0.3) is 0 Å². The van der Waals surface area contributed by atoms with Crippen molar-refractivity contribution in [2.75, 3.05) is 5.75 Å². The first kappa shape index (κ1) is 13.9. The Morgan fingerprint density at radius 3 is 2.75 bits per heavy atom. The van der Waals surface area contributed by atoms with E-state index in [9.17, 15) is 4.79 Å². The van der Waals surface area contributed by atoms with Gasteiger partial charge in [-0.05, 0) is 39.0 Å². The molecule has 20 heavy (non-hydrogen) atoms. The number of rotatable bonds is 7. The Hall–Kier alpha value is -1.04. The lowest BCUT2D eigenvalue weighted by Gasteiger charge is -2.11. The highest BCUT2D eigenvalue weighted by atomic mass is 32.2. The predicted molar refractivity (Wildman–Crippen MR) is 78.9 cm³/mol. The number of thioether (sulfide) groups is 1. The largest absolute Gasteiger partial charge is 0.353 e. The molecule has 1 heterocycles. The minimum absolute atomic E-state index is 0.0858. The summed E-state index contributed by atoms with van der Waals surface area (Å²) in [5.74, 6) is 2.28. The maximum absolute atomic E-state index is 11.8. The van der Waals surface area contributed by atoms with Crippen LogP contribution in [0.5, 0.6) is 0 Å². The minimum atomic E-state index is 0.0858. The second kappa shape index (κ2) is 5.76. The first-order valence-corrected chi connectivity index (χ1v) is 8.54. The molecule has 0 saturated heterocycles. The van der Waals surface area contributed by atoms with Crippen LogP contribution >= 0.6 is 11.8 Å². The Balaban J connectivity index is 1.61. The zero-order valence-electron chi connectivity index (χ0n) is 12.1. The van der Waals surface area contributed by atoms with Gasteiger partial charge in [0.15, 0.2) is 5.16 Å². The maximum Gasteiger partial charge on any atom is 0.230 e. The highest BCUT2D eigenvalue weighted by Crippen LogP contribution is 2.45. The molecule has 0 spiro atoms. The fraction of sp³-hybridized carbons (Fsp3) is 0.786. The molecule has 110 valence electrons. The summed E-state index contributed by atoms with van der Waals surface area (Å²) in [6.07, 6.45) is 5.89. The van der Waals surface area contributed by atoms with Gasteiger partial charge in [0, 0.05) is 18.0 Å². The molecule has 0 aromatic carbocycles. The maximum atomic E-state index is 11.8. The summed E-state index contributed by atoms with van der Waals surface area (Å²) >= 11 is 1.52. The molecule has 2 aliphatic rings. The van der Waals surface area contributed by atoms with Gasteiger partial charge in [-0.15, -0.1) is 10.2 Å². The number of carbonyl (C=O) groups is 1. The zero-order valence-corrected chi connectivity index (χ0v) is 12.9. The molecule has 2 fully saturated rings. The third kappa shape index (κ3) is 3.16. The van der Waals surface area contributed by atoms with Crippen molar-refractivity contribution in [3.8, 4) is 0 Å². The molecule has 1 aromatic rings. The van der Waals surface area contributed by atoms with E-state index >= 15 is 0 Å².